The van der Waals surface area contributed by atoms with E-state index in [-0.39, 0.29) is 0 Å². The van der Waals surface area contributed by atoms with E-state index in [9.17, 15) is 0 Å². The molecule has 0 aromatic heterocycles. The lowest BCUT2D eigenvalue weighted by Gasteiger charge is -2.24. The van der Waals surface area contributed by atoms with Crippen molar-refractivity contribution in [3.05, 3.63) is 0 Å². The van der Waals surface area contributed by atoms with Gasteiger partial charge in [-0.1, -0.05) is 13.8 Å². The maximum Gasteiger partial charge on any atom is 0.0780 e. The van der Waals surface area contributed by atoms with Crippen LogP contribution in [0.1, 0.15) is 26.7 Å². The van der Waals surface area contributed by atoms with Crippen LogP contribution in [0, 0.1) is 0 Å². The highest BCUT2D eigenvalue weighted by molar-refractivity contribution is 4.51. The summed E-state index contributed by atoms with van der Waals surface area (Å²) in [6, 6.07) is 0. The zero-order valence-electron chi connectivity index (χ0n) is 10.1. The molecular weight excluding hydrogens is 160 g/mol. The van der Waals surface area contributed by atoms with Crippen molar-refractivity contribution in [3.8, 4) is 0 Å². The van der Waals surface area contributed by atoms with Crippen LogP contribution in [-0.4, -0.2) is 56.7 Å². The first-order chi connectivity index (χ1) is 5.99. The van der Waals surface area contributed by atoms with Crippen LogP contribution < -0.4 is 0 Å². The minimum Gasteiger partial charge on any atom is -0.331 e. The van der Waals surface area contributed by atoms with Gasteiger partial charge in [-0.3, -0.25) is 0 Å². The zero-order chi connectivity index (χ0) is 10.3. The maximum absolute atomic E-state index is 2.50. The number of unbranched alkanes of at least 4 members (excludes halogenated alkanes) is 1. The Kier molecular flexibility index (Phi) is 6.35. The molecule has 0 aliphatic rings. The second-order valence-corrected chi connectivity index (χ2v) is 4.75. The third kappa shape index (κ3) is 8.26. The molecule has 2 nitrogen and oxygen atoms in total. The van der Waals surface area contributed by atoms with E-state index in [1.165, 1.54) is 39.0 Å². The average molecular weight is 187 g/mol. The molecule has 0 saturated carbocycles. The van der Waals surface area contributed by atoms with Gasteiger partial charge < -0.3 is 9.38 Å². The van der Waals surface area contributed by atoms with E-state index in [1.807, 2.05) is 0 Å². The van der Waals surface area contributed by atoms with Crippen LogP contribution in [0.25, 0.3) is 0 Å². The molecule has 0 spiro atoms. The molecule has 0 heterocycles. The Labute approximate surface area is 84.1 Å². The molecule has 0 aliphatic carbocycles. The molecule has 0 rings (SSSR count). The van der Waals surface area contributed by atoms with Gasteiger partial charge in [-0.25, -0.2) is 0 Å². The highest BCUT2D eigenvalue weighted by Crippen LogP contribution is 1.99. The van der Waals surface area contributed by atoms with Gasteiger partial charge in [-0.2, -0.15) is 0 Å². The van der Waals surface area contributed by atoms with Crippen molar-refractivity contribution >= 4 is 0 Å². The van der Waals surface area contributed by atoms with E-state index < -0.39 is 0 Å². The van der Waals surface area contributed by atoms with Gasteiger partial charge in [-0.15, -0.1) is 0 Å². The molecule has 2 heteroatoms. The fourth-order valence-corrected chi connectivity index (χ4v) is 1.46. The third-order valence-corrected chi connectivity index (χ3v) is 2.45. The summed E-state index contributed by atoms with van der Waals surface area (Å²) >= 11 is 0. The van der Waals surface area contributed by atoms with Gasteiger partial charge in [0, 0.05) is 0 Å². The molecule has 80 valence electrons. The van der Waals surface area contributed by atoms with E-state index in [4.69, 9.17) is 0 Å². The van der Waals surface area contributed by atoms with Crippen molar-refractivity contribution in [2.75, 3.05) is 47.3 Å². The summed E-state index contributed by atoms with van der Waals surface area (Å²) in [7, 11) is 6.78. The van der Waals surface area contributed by atoms with Gasteiger partial charge in [0.15, 0.2) is 0 Å². The average Bonchev–Trinajstić information content (AvgIpc) is 2.03. The van der Waals surface area contributed by atoms with Gasteiger partial charge in [0.05, 0.1) is 27.7 Å². The first-order valence-corrected chi connectivity index (χ1v) is 5.52. The molecule has 0 fully saturated rings. The minimum absolute atomic E-state index is 1.10. The summed E-state index contributed by atoms with van der Waals surface area (Å²) in [5, 5.41) is 0. The topological polar surface area (TPSA) is 3.24 Å². The van der Waals surface area contributed by atoms with Crippen molar-refractivity contribution < 1.29 is 4.48 Å². The first kappa shape index (κ1) is 12.9. The lowest BCUT2D eigenvalue weighted by Crippen LogP contribution is -2.35. The molecule has 0 amide bonds. The van der Waals surface area contributed by atoms with Gasteiger partial charge in [0.25, 0.3) is 0 Å². The minimum atomic E-state index is 1.10. The molecule has 0 radical (unpaired) electrons. The number of nitrogens with zero attached hydrogens (tertiary/aromatic N) is 2. The Hall–Kier alpha value is -0.0800. The zero-order valence-corrected chi connectivity index (χ0v) is 10.1. The SMILES string of the molecule is CCN(CC)CCCC[N+](C)(C)C. The van der Waals surface area contributed by atoms with Crippen molar-refractivity contribution in [1.29, 1.82) is 0 Å². The monoisotopic (exact) mass is 187 g/mol. The van der Waals surface area contributed by atoms with Crippen LogP contribution >= 0.6 is 0 Å². The molecule has 0 N–H and O–H groups in total. The van der Waals surface area contributed by atoms with E-state index in [2.05, 4.69) is 39.9 Å². The molecule has 0 unspecified atom stereocenters. The molecular formula is C11H27N2+. The fourth-order valence-electron chi connectivity index (χ4n) is 1.46. The van der Waals surface area contributed by atoms with Crippen LogP contribution in [0.2, 0.25) is 0 Å². The Balaban J connectivity index is 3.34. The summed E-state index contributed by atoms with van der Waals surface area (Å²) in [6.07, 6.45) is 2.69. The highest BCUT2D eigenvalue weighted by Gasteiger charge is 2.06. The second-order valence-electron chi connectivity index (χ2n) is 4.75. The van der Waals surface area contributed by atoms with Gasteiger partial charge in [0.1, 0.15) is 0 Å². The highest BCUT2D eigenvalue weighted by atomic mass is 15.3. The first-order valence-electron chi connectivity index (χ1n) is 5.52. The Morgan fingerprint density at radius 2 is 1.46 bits per heavy atom. The molecule has 0 bridgehead atoms. The quantitative estimate of drug-likeness (QED) is 0.434. The van der Waals surface area contributed by atoms with Gasteiger partial charge >= 0.3 is 0 Å². The van der Waals surface area contributed by atoms with Crippen molar-refractivity contribution in [2.45, 2.75) is 26.7 Å². The van der Waals surface area contributed by atoms with E-state index in [0.717, 1.165) is 4.48 Å². The number of rotatable bonds is 7. The lowest BCUT2D eigenvalue weighted by molar-refractivity contribution is -0.870. The van der Waals surface area contributed by atoms with E-state index >= 15 is 0 Å². The molecule has 0 saturated heterocycles. The number of quaternary nitrogens is 1. The number of hydrogen-bond donors (Lipinski definition) is 0. The normalized spacial score (nSPS) is 12.5. The van der Waals surface area contributed by atoms with Crippen LogP contribution in [0.3, 0.4) is 0 Å². The lowest BCUT2D eigenvalue weighted by atomic mass is 10.2. The smallest absolute Gasteiger partial charge is 0.0780 e. The molecule has 0 aliphatic heterocycles. The Morgan fingerprint density at radius 3 is 1.85 bits per heavy atom. The van der Waals surface area contributed by atoms with Gasteiger partial charge in [-0.05, 0) is 32.5 Å². The van der Waals surface area contributed by atoms with Crippen LogP contribution in [-0.2, 0) is 0 Å². The predicted molar refractivity (Wildman–Crippen MR) is 59.9 cm³/mol. The second kappa shape index (κ2) is 6.39. The van der Waals surface area contributed by atoms with E-state index in [1.54, 1.807) is 0 Å². The van der Waals surface area contributed by atoms with Crippen LogP contribution in [0.4, 0.5) is 0 Å². The predicted octanol–water partition coefficient (Wildman–Crippen LogP) is 1.81. The number of hydrogen-bond acceptors (Lipinski definition) is 1. The summed E-state index contributed by atoms with van der Waals surface area (Å²) in [4.78, 5) is 2.50. The molecule has 0 atom stereocenters. The fraction of sp³-hybridized carbons (Fsp3) is 1.00. The van der Waals surface area contributed by atoms with Crippen LogP contribution in [0.5, 0.6) is 0 Å². The third-order valence-electron chi connectivity index (χ3n) is 2.45. The maximum atomic E-state index is 2.50. The molecule has 0 aromatic rings. The summed E-state index contributed by atoms with van der Waals surface area (Å²) in [5.74, 6) is 0. The van der Waals surface area contributed by atoms with Crippen molar-refractivity contribution in [2.24, 2.45) is 0 Å². The van der Waals surface area contributed by atoms with Gasteiger partial charge in [0.2, 0.25) is 0 Å². The summed E-state index contributed by atoms with van der Waals surface area (Å²) in [5.41, 5.74) is 0. The standard InChI is InChI=1S/C11H27N2/c1-6-12(7-2)10-8-9-11-13(3,4)5/h6-11H2,1-5H3/q+1. The van der Waals surface area contributed by atoms with Crippen molar-refractivity contribution in [3.63, 3.8) is 0 Å². The Morgan fingerprint density at radius 1 is 0.923 bits per heavy atom. The Bertz CT molecular complexity index is 112. The van der Waals surface area contributed by atoms with E-state index in [0.29, 0.717) is 0 Å². The largest absolute Gasteiger partial charge is 0.331 e. The molecule has 0 aromatic carbocycles. The summed E-state index contributed by atoms with van der Waals surface area (Å²) < 4.78 is 1.10. The summed E-state index contributed by atoms with van der Waals surface area (Å²) in [6.45, 7) is 9.43. The van der Waals surface area contributed by atoms with Crippen LogP contribution in [0.15, 0.2) is 0 Å². The molecule has 13 heavy (non-hydrogen) atoms. The van der Waals surface area contributed by atoms with Crippen molar-refractivity contribution in [1.82, 2.24) is 4.90 Å².